The molecule has 1 fully saturated rings. The normalized spacial score (nSPS) is 21.1. The van der Waals surface area contributed by atoms with Gasteiger partial charge in [-0.15, -0.1) is 0 Å². The van der Waals surface area contributed by atoms with Crippen molar-refractivity contribution in [3.8, 4) is 11.3 Å². The van der Waals surface area contributed by atoms with Crippen LogP contribution in [0.1, 0.15) is 11.9 Å². The average Bonchev–Trinajstić information content (AvgIpc) is 3.01. The van der Waals surface area contributed by atoms with Gasteiger partial charge < -0.3 is 20.0 Å². The minimum Gasteiger partial charge on any atom is -0.378 e. The Morgan fingerprint density at radius 2 is 2.44 bits per heavy atom. The molecule has 1 atom stereocenters. The molecule has 2 aromatic rings. The number of ether oxygens (including phenoxy) is 1. The molecule has 1 aliphatic heterocycles. The molecule has 0 aromatic carbocycles. The fourth-order valence-electron chi connectivity index (χ4n) is 1.89. The zero-order valence-electron chi connectivity index (χ0n) is 8.86. The number of nitrogens with zero attached hydrogens (tertiary/aromatic N) is 1. The number of nitrogens with one attached hydrogen (secondary N) is 3. The van der Waals surface area contributed by atoms with Crippen LogP contribution in [0.4, 0.5) is 0 Å². The SMILES string of the molecule is c1cc(-c2cnc(C3COCCN3)[nH]2)c[nH]1. The van der Waals surface area contributed by atoms with Crippen molar-refractivity contribution in [1.29, 1.82) is 0 Å². The van der Waals surface area contributed by atoms with Gasteiger partial charge in [-0.3, -0.25) is 0 Å². The molecule has 5 nitrogen and oxygen atoms in total. The summed E-state index contributed by atoms with van der Waals surface area (Å²) in [4.78, 5) is 10.7. The molecule has 3 rings (SSSR count). The van der Waals surface area contributed by atoms with Crippen molar-refractivity contribution in [1.82, 2.24) is 20.3 Å². The fraction of sp³-hybridized carbons (Fsp3) is 0.364. The summed E-state index contributed by atoms with van der Waals surface area (Å²) in [5.41, 5.74) is 2.15. The molecule has 1 saturated heterocycles. The van der Waals surface area contributed by atoms with E-state index in [1.165, 1.54) is 0 Å². The van der Waals surface area contributed by atoms with Gasteiger partial charge in [0.05, 0.1) is 31.1 Å². The zero-order chi connectivity index (χ0) is 10.8. The Labute approximate surface area is 93.2 Å². The van der Waals surface area contributed by atoms with Crippen LogP contribution in [0, 0.1) is 0 Å². The lowest BCUT2D eigenvalue weighted by Crippen LogP contribution is -2.35. The molecule has 3 N–H and O–H groups in total. The molecular formula is C11H14N4O. The summed E-state index contributed by atoms with van der Waals surface area (Å²) in [6, 6.07) is 2.20. The maximum atomic E-state index is 5.41. The predicted molar refractivity (Wildman–Crippen MR) is 59.9 cm³/mol. The summed E-state index contributed by atoms with van der Waals surface area (Å²) in [5.74, 6) is 0.941. The third-order valence-corrected chi connectivity index (χ3v) is 2.76. The smallest absolute Gasteiger partial charge is 0.126 e. The van der Waals surface area contributed by atoms with Crippen LogP contribution in [-0.2, 0) is 4.74 Å². The number of morpholine rings is 1. The van der Waals surface area contributed by atoms with E-state index >= 15 is 0 Å². The summed E-state index contributed by atoms with van der Waals surface area (Å²) < 4.78 is 5.41. The zero-order valence-corrected chi connectivity index (χ0v) is 8.86. The average molecular weight is 218 g/mol. The van der Waals surface area contributed by atoms with E-state index in [1.54, 1.807) is 0 Å². The predicted octanol–water partition coefficient (Wildman–Crippen LogP) is 1.07. The molecule has 0 saturated carbocycles. The Kier molecular flexibility index (Phi) is 2.47. The van der Waals surface area contributed by atoms with Crippen LogP contribution in [0.15, 0.2) is 24.7 Å². The van der Waals surface area contributed by atoms with E-state index in [0.717, 1.165) is 30.2 Å². The molecule has 84 valence electrons. The summed E-state index contributed by atoms with van der Waals surface area (Å²) in [5, 5.41) is 3.37. The Morgan fingerprint density at radius 3 is 3.19 bits per heavy atom. The van der Waals surface area contributed by atoms with Gasteiger partial charge in [0.2, 0.25) is 0 Å². The van der Waals surface area contributed by atoms with E-state index in [4.69, 9.17) is 4.74 Å². The first-order valence-electron chi connectivity index (χ1n) is 5.43. The van der Waals surface area contributed by atoms with Crippen LogP contribution in [0.5, 0.6) is 0 Å². The Balaban J connectivity index is 1.82. The summed E-state index contributed by atoms with van der Waals surface area (Å²) in [6.45, 7) is 2.34. The van der Waals surface area contributed by atoms with E-state index in [1.807, 2.05) is 24.7 Å². The summed E-state index contributed by atoms with van der Waals surface area (Å²) in [6.07, 6.45) is 5.70. The van der Waals surface area contributed by atoms with Crippen molar-refractivity contribution < 1.29 is 4.74 Å². The molecule has 1 unspecified atom stereocenters. The molecule has 5 heteroatoms. The summed E-state index contributed by atoms with van der Waals surface area (Å²) >= 11 is 0. The van der Waals surface area contributed by atoms with E-state index in [0.29, 0.717) is 6.61 Å². The number of rotatable bonds is 2. The molecule has 2 aromatic heterocycles. The Bertz CT molecular complexity index is 442. The van der Waals surface area contributed by atoms with Gasteiger partial charge in [-0.2, -0.15) is 0 Å². The standard InChI is InChI=1S/C11H14N4O/c1-2-12-5-8(1)9-6-14-11(15-9)10-7-16-4-3-13-10/h1-2,5-6,10,12-13H,3-4,7H2,(H,14,15). The first-order valence-corrected chi connectivity index (χ1v) is 5.43. The van der Waals surface area contributed by atoms with Crippen molar-refractivity contribution in [2.45, 2.75) is 6.04 Å². The van der Waals surface area contributed by atoms with Gasteiger partial charge in [-0.1, -0.05) is 0 Å². The van der Waals surface area contributed by atoms with Gasteiger partial charge in [-0.05, 0) is 6.07 Å². The third kappa shape index (κ3) is 1.75. The van der Waals surface area contributed by atoms with Gasteiger partial charge in [-0.25, -0.2) is 4.98 Å². The van der Waals surface area contributed by atoms with Crippen LogP contribution in [0.3, 0.4) is 0 Å². The first kappa shape index (κ1) is 9.62. The second-order valence-corrected chi connectivity index (χ2v) is 3.86. The molecular weight excluding hydrogens is 204 g/mol. The highest BCUT2D eigenvalue weighted by atomic mass is 16.5. The molecule has 0 radical (unpaired) electrons. The van der Waals surface area contributed by atoms with Gasteiger partial charge in [0, 0.05) is 24.5 Å². The lowest BCUT2D eigenvalue weighted by molar-refractivity contribution is 0.0745. The van der Waals surface area contributed by atoms with E-state index < -0.39 is 0 Å². The molecule has 0 bridgehead atoms. The monoisotopic (exact) mass is 218 g/mol. The number of aromatic nitrogens is 3. The van der Waals surface area contributed by atoms with Crippen molar-refractivity contribution >= 4 is 0 Å². The molecule has 3 heterocycles. The molecule has 0 spiro atoms. The van der Waals surface area contributed by atoms with Crippen LogP contribution < -0.4 is 5.32 Å². The van der Waals surface area contributed by atoms with E-state index in [9.17, 15) is 0 Å². The second-order valence-electron chi connectivity index (χ2n) is 3.86. The number of hydrogen-bond acceptors (Lipinski definition) is 3. The minimum absolute atomic E-state index is 0.182. The molecule has 0 amide bonds. The van der Waals surface area contributed by atoms with E-state index in [2.05, 4.69) is 20.3 Å². The largest absolute Gasteiger partial charge is 0.378 e. The quantitative estimate of drug-likeness (QED) is 0.706. The first-order chi connectivity index (χ1) is 7.93. The maximum absolute atomic E-state index is 5.41. The van der Waals surface area contributed by atoms with Crippen molar-refractivity contribution in [2.24, 2.45) is 0 Å². The van der Waals surface area contributed by atoms with E-state index in [-0.39, 0.29) is 6.04 Å². The number of hydrogen-bond donors (Lipinski definition) is 3. The topological polar surface area (TPSA) is 65.7 Å². The number of aromatic amines is 2. The highest BCUT2D eigenvalue weighted by Gasteiger charge is 2.18. The lowest BCUT2D eigenvalue weighted by atomic mass is 10.2. The minimum atomic E-state index is 0.182. The van der Waals surface area contributed by atoms with Crippen molar-refractivity contribution in [3.63, 3.8) is 0 Å². The highest BCUT2D eigenvalue weighted by molar-refractivity contribution is 5.57. The lowest BCUT2D eigenvalue weighted by Gasteiger charge is -2.21. The van der Waals surface area contributed by atoms with Crippen molar-refractivity contribution in [2.75, 3.05) is 19.8 Å². The van der Waals surface area contributed by atoms with Crippen LogP contribution in [0.2, 0.25) is 0 Å². The van der Waals surface area contributed by atoms with Gasteiger partial charge in [0.25, 0.3) is 0 Å². The van der Waals surface area contributed by atoms with Crippen LogP contribution in [-0.4, -0.2) is 34.7 Å². The maximum Gasteiger partial charge on any atom is 0.126 e. The molecule has 0 aliphatic carbocycles. The van der Waals surface area contributed by atoms with Crippen molar-refractivity contribution in [3.05, 3.63) is 30.5 Å². The molecule has 16 heavy (non-hydrogen) atoms. The summed E-state index contributed by atoms with van der Waals surface area (Å²) in [7, 11) is 0. The van der Waals surface area contributed by atoms with Crippen LogP contribution in [0.25, 0.3) is 11.3 Å². The second kappa shape index (κ2) is 4.11. The Hall–Kier alpha value is -1.59. The fourth-order valence-corrected chi connectivity index (χ4v) is 1.89. The highest BCUT2D eigenvalue weighted by Crippen LogP contribution is 2.19. The third-order valence-electron chi connectivity index (χ3n) is 2.76. The van der Waals surface area contributed by atoms with Gasteiger partial charge in [0.15, 0.2) is 0 Å². The molecule has 1 aliphatic rings. The van der Waals surface area contributed by atoms with Crippen LogP contribution >= 0.6 is 0 Å². The number of imidazole rings is 1. The Morgan fingerprint density at radius 1 is 1.44 bits per heavy atom. The number of H-pyrrole nitrogens is 2. The van der Waals surface area contributed by atoms with Gasteiger partial charge in [0.1, 0.15) is 5.82 Å². The van der Waals surface area contributed by atoms with Gasteiger partial charge >= 0.3 is 0 Å².